The summed E-state index contributed by atoms with van der Waals surface area (Å²) in [6.07, 6.45) is 6.57. The minimum absolute atomic E-state index is 0.560. The van der Waals surface area contributed by atoms with Gasteiger partial charge in [-0.3, -0.25) is 4.98 Å². The molecule has 0 bridgehead atoms. The Morgan fingerprint density at radius 1 is 1.25 bits per heavy atom. The Labute approximate surface area is 95.6 Å². The summed E-state index contributed by atoms with van der Waals surface area (Å²) in [7, 11) is 1.72. The molecule has 1 rings (SSSR count). The van der Waals surface area contributed by atoms with E-state index >= 15 is 0 Å². The number of ether oxygens (including phenoxy) is 1. The van der Waals surface area contributed by atoms with Gasteiger partial charge in [-0.1, -0.05) is 0 Å². The third kappa shape index (κ3) is 4.90. The van der Waals surface area contributed by atoms with Crippen LogP contribution in [-0.2, 0) is 4.74 Å². The first kappa shape index (κ1) is 12.7. The predicted molar refractivity (Wildman–Crippen MR) is 64.1 cm³/mol. The molecule has 6 heteroatoms. The van der Waals surface area contributed by atoms with E-state index in [4.69, 9.17) is 10.6 Å². The van der Waals surface area contributed by atoms with E-state index in [0.717, 1.165) is 38.2 Å². The molecule has 0 amide bonds. The van der Waals surface area contributed by atoms with Crippen LogP contribution in [0.15, 0.2) is 12.4 Å². The van der Waals surface area contributed by atoms with E-state index in [1.165, 1.54) is 0 Å². The van der Waals surface area contributed by atoms with E-state index in [9.17, 15) is 0 Å². The number of methoxy groups -OCH3 is 1. The highest BCUT2D eigenvalue weighted by Crippen LogP contribution is 2.05. The minimum Gasteiger partial charge on any atom is -0.385 e. The molecule has 1 aromatic rings. The molecule has 1 aromatic heterocycles. The molecule has 16 heavy (non-hydrogen) atoms. The zero-order valence-electron chi connectivity index (χ0n) is 9.57. The molecule has 4 N–H and O–H groups in total. The van der Waals surface area contributed by atoms with E-state index in [1.807, 2.05) is 0 Å². The van der Waals surface area contributed by atoms with Crippen LogP contribution in [0.2, 0.25) is 0 Å². The van der Waals surface area contributed by atoms with Gasteiger partial charge in [0.2, 0.25) is 0 Å². The van der Waals surface area contributed by atoms with Crippen LogP contribution in [0.25, 0.3) is 0 Å². The van der Waals surface area contributed by atoms with Crippen LogP contribution in [0.1, 0.15) is 19.3 Å². The Bertz CT molecular complexity index is 294. The van der Waals surface area contributed by atoms with Gasteiger partial charge in [0.1, 0.15) is 5.82 Å². The molecule has 0 unspecified atom stereocenters. The third-order valence-electron chi connectivity index (χ3n) is 2.11. The predicted octanol–water partition coefficient (Wildman–Crippen LogP) is 0.991. The zero-order valence-corrected chi connectivity index (χ0v) is 9.57. The molecule has 6 nitrogen and oxygen atoms in total. The number of rotatable bonds is 8. The van der Waals surface area contributed by atoms with Crippen LogP contribution in [0.4, 0.5) is 11.6 Å². The number of nitrogen functional groups attached to an aromatic ring is 1. The average Bonchev–Trinajstić information content (AvgIpc) is 2.34. The van der Waals surface area contributed by atoms with Crippen molar-refractivity contribution in [2.45, 2.75) is 19.3 Å². The lowest BCUT2D eigenvalue weighted by molar-refractivity contribution is 0.192. The standard InChI is InChI=1S/C10H19N5O/c1-16-6-4-2-3-5-13-9-7-12-8-10(14-9)15-11/h7-8H,2-6,11H2,1H3,(H2,13,14,15). The van der Waals surface area contributed by atoms with E-state index in [1.54, 1.807) is 19.5 Å². The first-order valence-electron chi connectivity index (χ1n) is 5.38. The van der Waals surface area contributed by atoms with Gasteiger partial charge in [0.15, 0.2) is 5.82 Å². The number of nitrogens with two attached hydrogens (primary N) is 1. The second-order valence-corrected chi connectivity index (χ2v) is 3.41. The van der Waals surface area contributed by atoms with Gasteiger partial charge in [-0.15, -0.1) is 0 Å². The molecule has 0 aromatic carbocycles. The molecule has 1 heterocycles. The smallest absolute Gasteiger partial charge is 0.160 e. The molecular weight excluding hydrogens is 206 g/mol. The maximum absolute atomic E-state index is 5.23. The maximum atomic E-state index is 5.23. The van der Waals surface area contributed by atoms with Crippen LogP contribution in [0, 0.1) is 0 Å². The summed E-state index contributed by atoms with van der Waals surface area (Å²) >= 11 is 0. The van der Waals surface area contributed by atoms with E-state index < -0.39 is 0 Å². The fourth-order valence-corrected chi connectivity index (χ4v) is 1.29. The minimum atomic E-state index is 0.560. The van der Waals surface area contributed by atoms with Crippen molar-refractivity contribution >= 4 is 11.6 Å². The van der Waals surface area contributed by atoms with Crippen LogP contribution in [0.3, 0.4) is 0 Å². The third-order valence-corrected chi connectivity index (χ3v) is 2.11. The Balaban J connectivity index is 2.16. The Morgan fingerprint density at radius 3 is 2.81 bits per heavy atom. The molecule has 0 radical (unpaired) electrons. The highest BCUT2D eigenvalue weighted by atomic mass is 16.5. The number of hydrogen-bond donors (Lipinski definition) is 3. The van der Waals surface area contributed by atoms with Gasteiger partial charge in [0, 0.05) is 20.3 Å². The molecule has 0 aliphatic rings. The first-order chi connectivity index (χ1) is 7.86. The van der Waals surface area contributed by atoms with Crippen molar-refractivity contribution in [1.82, 2.24) is 9.97 Å². The number of hydrazine groups is 1. The van der Waals surface area contributed by atoms with E-state index in [-0.39, 0.29) is 0 Å². The van der Waals surface area contributed by atoms with Crippen molar-refractivity contribution in [1.29, 1.82) is 0 Å². The highest BCUT2D eigenvalue weighted by Gasteiger charge is 1.96. The SMILES string of the molecule is COCCCCCNc1cncc(NN)n1. The van der Waals surface area contributed by atoms with Crippen LogP contribution >= 0.6 is 0 Å². The summed E-state index contributed by atoms with van der Waals surface area (Å²) in [5.41, 5.74) is 2.46. The van der Waals surface area contributed by atoms with Crippen LogP contribution in [0.5, 0.6) is 0 Å². The Hall–Kier alpha value is -1.40. The second kappa shape index (κ2) is 7.84. The molecule has 0 aliphatic heterocycles. The number of nitrogens with one attached hydrogen (secondary N) is 2. The summed E-state index contributed by atoms with van der Waals surface area (Å²) in [4.78, 5) is 8.19. The molecule has 0 spiro atoms. The van der Waals surface area contributed by atoms with Crippen molar-refractivity contribution in [3.05, 3.63) is 12.4 Å². The van der Waals surface area contributed by atoms with Crippen LogP contribution in [-0.4, -0.2) is 30.2 Å². The maximum Gasteiger partial charge on any atom is 0.160 e. The summed E-state index contributed by atoms with van der Waals surface area (Å²) in [6.45, 7) is 1.71. The molecule has 0 fully saturated rings. The molecule has 90 valence electrons. The van der Waals surface area contributed by atoms with E-state index in [0.29, 0.717) is 5.82 Å². The molecule has 0 saturated heterocycles. The average molecular weight is 225 g/mol. The van der Waals surface area contributed by atoms with Gasteiger partial charge >= 0.3 is 0 Å². The van der Waals surface area contributed by atoms with Crippen LogP contribution < -0.4 is 16.6 Å². The highest BCUT2D eigenvalue weighted by molar-refractivity contribution is 5.40. The number of hydrogen-bond acceptors (Lipinski definition) is 6. The Kier molecular flexibility index (Phi) is 6.20. The second-order valence-electron chi connectivity index (χ2n) is 3.41. The number of unbranched alkanes of at least 4 members (excludes halogenated alkanes) is 2. The summed E-state index contributed by atoms with van der Waals surface area (Å²) < 4.78 is 4.97. The molecule has 0 aliphatic carbocycles. The summed E-state index contributed by atoms with van der Waals surface area (Å²) in [6, 6.07) is 0. The van der Waals surface area contributed by atoms with Gasteiger partial charge in [-0.2, -0.15) is 0 Å². The van der Waals surface area contributed by atoms with Gasteiger partial charge in [-0.05, 0) is 19.3 Å². The fraction of sp³-hybridized carbons (Fsp3) is 0.600. The number of nitrogens with zero attached hydrogens (tertiary/aromatic N) is 2. The summed E-state index contributed by atoms with van der Waals surface area (Å²) in [5.74, 6) is 6.53. The Morgan fingerprint density at radius 2 is 2.06 bits per heavy atom. The topological polar surface area (TPSA) is 85.1 Å². The quantitative estimate of drug-likeness (QED) is 0.347. The zero-order chi connectivity index (χ0) is 11.6. The van der Waals surface area contributed by atoms with Crippen molar-refractivity contribution in [2.75, 3.05) is 31.0 Å². The lowest BCUT2D eigenvalue weighted by Crippen LogP contribution is -2.11. The van der Waals surface area contributed by atoms with Gasteiger partial charge < -0.3 is 15.5 Å². The molecular formula is C10H19N5O. The van der Waals surface area contributed by atoms with Gasteiger partial charge in [-0.25, -0.2) is 10.8 Å². The van der Waals surface area contributed by atoms with Crippen molar-refractivity contribution < 1.29 is 4.74 Å². The lowest BCUT2D eigenvalue weighted by Gasteiger charge is -2.06. The van der Waals surface area contributed by atoms with Crippen molar-refractivity contribution in [3.8, 4) is 0 Å². The van der Waals surface area contributed by atoms with E-state index in [2.05, 4.69) is 20.7 Å². The first-order valence-corrected chi connectivity index (χ1v) is 5.38. The normalized spacial score (nSPS) is 10.1. The number of anilines is 2. The summed E-state index contributed by atoms with van der Waals surface area (Å²) in [5, 5.41) is 3.19. The largest absolute Gasteiger partial charge is 0.385 e. The monoisotopic (exact) mass is 225 g/mol. The fourth-order valence-electron chi connectivity index (χ4n) is 1.29. The van der Waals surface area contributed by atoms with Gasteiger partial charge in [0.05, 0.1) is 12.4 Å². The number of aromatic nitrogens is 2. The molecule has 0 atom stereocenters. The van der Waals surface area contributed by atoms with Gasteiger partial charge in [0.25, 0.3) is 0 Å². The lowest BCUT2D eigenvalue weighted by atomic mass is 10.2. The molecule has 0 saturated carbocycles. The van der Waals surface area contributed by atoms with Crippen molar-refractivity contribution in [2.24, 2.45) is 5.84 Å². The van der Waals surface area contributed by atoms with Crippen molar-refractivity contribution in [3.63, 3.8) is 0 Å².